The quantitative estimate of drug-likeness (QED) is 0.198. The van der Waals surface area contributed by atoms with Crippen LogP contribution in [0.5, 0.6) is 0 Å². The van der Waals surface area contributed by atoms with Gasteiger partial charge in [-0.05, 0) is 86.5 Å². The molecule has 2 saturated carbocycles. The Morgan fingerprint density at radius 2 is 0.982 bits per heavy atom. The first kappa shape index (κ1) is 37.3. The molecule has 2 aliphatic carbocycles. The Balaban J connectivity index is 0.946. The van der Waals surface area contributed by atoms with Crippen LogP contribution in [0.4, 0.5) is 9.59 Å². The van der Waals surface area contributed by atoms with Crippen LogP contribution in [-0.2, 0) is 19.1 Å². The number of benzene rings is 2. The van der Waals surface area contributed by atoms with Crippen molar-refractivity contribution in [3.05, 3.63) is 72.6 Å². The van der Waals surface area contributed by atoms with Gasteiger partial charge in [-0.3, -0.25) is 19.4 Å². The molecule has 8 rings (SSSR count). The van der Waals surface area contributed by atoms with Gasteiger partial charge in [0, 0.05) is 26.2 Å². The molecule has 4 amide bonds. The van der Waals surface area contributed by atoms with Gasteiger partial charge < -0.3 is 29.2 Å². The van der Waals surface area contributed by atoms with Gasteiger partial charge in [-0.25, -0.2) is 19.6 Å². The van der Waals surface area contributed by atoms with E-state index in [1.165, 1.54) is 24.0 Å². The molecule has 0 spiro atoms. The normalized spacial score (nSPS) is 24.6. The fraction of sp³-hybridized carbons (Fsp3) is 0.476. The van der Waals surface area contributed by atoms with Crippen LogP contribution in [0.1, 0.15) is 76.1 Å². The molecule has 4 aliphatic rings. The smallest absolute Gasteiger partial charge is 0.409 e. The van der Waals surface area contributed by atoms with Crippen molar-refractivity contribution < 1.29 is 28.7 Å². The van der Waals surface area contributed by atoms with Crippen molar-refractivity contribution in [2.24, 2.45) is 11.8 Å². The Bertz CT molecular complexity index is 1960. The Morgan fingerprint density at radius 1 is 0.625 bits per heavy atom. The van der Waals surface area contributed by atoms with E-state index in [-0.39, 0.29) is 36.0 Å². The zero-order valence-electron chi connectivity index (χ0n) is 32.8. The largest absolute Gasteiger partial charge is 0.453 e. The highest BCUT2D eigenvalue weighted by Crippen LogP contribution is 2.51. The number of methoxy groups -OCH3 is 2. The van der Waals surface area contributed by atoms with Crippen molar-refractivity contribution in [1.29, 1.82) is 0 Å². The Hall–Kier alpha value is -5.66. The van der Waals surface area contributed by atoms with Crippen LogP contribution in [0.15, 0.2) is 60.9 Å². The van der Waals surface area contributed by atoms with Crippen molar-refractivity contribution >= 4 is 24.0 Å². The highest BCUT2D eigenvalue weighted by atomic mass is 16.5. The van der Waals surface area contributed by atoms with Crippen molar-refractivity contribution in [3.8, 4) is 33.6 Å². The monoisotopic (exact) mass is 762 g/mol. The number of likely N-dealkylation sites (tertiary alicyclic amines) is 2. The van der Waals surface area contributed by atoms with Gasteiger partial charge in [0.1, 0.15) is 23.7 Å². The molecule has 2 N–H and O–H groups in total. The van der Waals surface area contributed by atoms with Crippen molar-refractivity contribution in [2.45, 2.75) is 88.6 Å². The number of hydrogen-bond acceptors (Lipinski definition) is 8. The fourth-order valence-electron chi connectivity index (χ4n) is 9.63. The van der Waals surface area contributed by atoms with E-state index in [0.717, 1.165) is 83.8 Å². The van der Waals surface area contributed by atoms with Crippen LogP contribution in [0.25, 0.3) is 33.6 Å². The predicted octanol–water partition coefficient (Wildman–Crippen LogP) is 6.41. The number of nitrogens with one attached hydrogen (secondary N) is 2. The van der Waals surface area contributed by atoms with Gasteiger partial charge in [-0.15, -0.1) is 0 Å². The Morgan fingerprint density at radius 3 is 1.34 bits per heavy atom. The summed E-state index contributed by atoms with van der Waals surface area (Å²) < 4.78 is 9.71. The number of H-pyrrole nitrogens is 2. The maximum absolute atomic E-state index is 13.7. The molecule has 14 nitrogen and oxygen atoms in total. The number of rotatable bonds is 9. The maximum Gasteiger partial charge on any atom is 0.409 e. The van der Waals surface area contributed by atoms with Crippen LogP contribution in [0.3, 0.4) is 0 Å². The van der Waals surface area contributed by atoms with Gasteiger partial charge in [-0.2, -0.15) is 0 Å². The zero-order chi connectivity index (χ0) is 39.4. The predicted molar refractivity (Wildman–Crippen MR) is 208 cm³/mol. The number of aromatic nitrogens is 4. The number of amides is 4. The lowest BCUT2D eigenvalue weighted by molar-refractivity contribution is -0.141. The lowest BCUT2D eigenvalue weighted by Crippen LogP contribution is -2.51. The lowest BCUT2D eigenvalue weighted by Gasteiger charge is -2.37. The van der Waals surface area contributed by atoms with E-state index in [1.54, 1.807) is 27.9 Å². The number of carbonyl (C=O) groups is 4. The molecule has 56 heavy (non-hydrogen) atoms. The minimum Gasteiger partial charge on any atom is -0.453 e. The van der Waals surface area contributed by atoms with Gasteiger partial charge in [0.2, 0.25) is 11.8 Å². The van der Waals surface area contributed by atoms with Crippen molar-refractivity contribution in [1.82, 2.24) is 39.5 Å². The molecule has 2 aliphatic heterocycles. The fourth-order valence-corrected chi connectivity index (χ4v) is 9.63. The second-order valence-corrected chi connectivity index (χ2v) is 15.9. The van der Waals surface area contributed by atoms with Crippen LogP contribution in [-0.4, -0.2) is 116 Å². The number of fused-ring (bicyclic) bond motifs is 4. The summed E-state index contributed by atoms with van der Waals surface area (Å²) in [5, 5.41) is 0. The average molecular weight is 763 g/mol. The molecule has 2 aromatic carbocycles. The second-order valence-electron chi connectivity index (χ2n) is 15.9. The molecule has 0 radical (unpaired) electrons. The zero-order valence-corrected chi connectivity index (χ0v) is 32.8. The molecule has 294 valence electrons. The first-order valence-electron chi connectivity index (χ1n) is 19.6. The van der Waals surface area contributed by atoms with Crippen LogP contribution < -0.4 is 0 Å². The van der Waals surface area contributed by atoms with Crippen LogP contribution in [0.2, 0.25) is 0 Å². The first-order valence-corrected chi connectivity index (χ1v) is 19.6. The standard InChI is InChI=1S/C42H50N8O6/c1-23(47(3)41(53)55-5)39(51)49-31-17-15-29(19-31)35(49)37-43-21-33(45-37)27-11-7-25(8-12-27)26-9-13-28(14-10-26)34-22-44-38(46-34)36-30-16-18-32(20-30)50(36)40(52)24(2)48(4)42(54)56-6/h7-14,21-24,29-32,35-36H,15-20H2,1-6H3,(H,43,45)(H,44,46)/t23-,24-,29+,30+,31+,32+,35-,36-/m0/s1. The van der Waals surface area contributed by atoms with E-state index in [4.69, 9.17) is 19.4 Å². The van der Waals surface area contributed by atoms with Gasteiger partial charge in [0.05, 0.1) is 50.1 Å². The molecule has 14 heteroatoms. The van der Waals surface area contributed by atoms with Crippen LogP contribution in [0, 0.1) is 11.8 Å². The molecule has 4 fully saturated rings. The van der Waals surface area contributed by atoms with E-state index in [0.29, 0.717) is 11.8 Å². The highest BCUT2D eigenvalue weighted by Gasteiger charge is 2.52. The average Bonchev–Trinajstić information content (AvgIpc) is 4.10. The number of hydrogen-bond donors (Lipinski definition) is 2. The van der Waals surface area contributed by atoms with Crippen molar-refractivity contribution in [3.63, 3.8) is 0 Å². The minimum absolute atomic E-state index is 0.0907. The highest BCUT2D eigenvalue weighted by molar-refractivity contribution is 5.87. The third-order valence-electron chi connectivity index (χ3n) is 13.0. The molecule has 4 bridgehead atoms. The van der Waals surface area contributed by atoms with E-state index in [2.05, 4.69) is 58.5 Å². The maximum atomic E-state index is 13.7. The molecule has 8 atom stereocenters. The lowest BCUT2D eigenvalue weighted by atomic mass is 9.97. The Labute approximate surface area is 326 Å². The first-order chi connectivity index (χ1) is 27.0. The molecule has 4 aromatic rings. The van der Waals surface area contributed by atoms with Gasteiger partial charge in [0.25, 0.3) is 0 Å². The second kappa shape index (κ2) is 14.8. The van der Waals surface area contributed by atoms with Gasteiger partial charge in [0.15, 0.2) is 0 Å². The number of likely N-dealkylation sites (N-methyl/N-ethyl adjacent to an activating group) is 2. The van der Waals surface area contributed by atoms with E-state index < -0.39 is 24.3 Å². The molecule has 2 saturated heterocycles. The minimum atomic E-state index is -0.648. The van der Waals surface area contributed by atoms with Gasteiger partial charge >= 0.3 is 12.2 Å². The van der Waals surface area contributed by atoms with Crippen LogP contribution >= 0.6 is 0 Å². The summed E-state index contributed by atoms with van der Waals surface area (Å²) in [5.74, 6) is 2.01. The molecule has 2 aromatic heterocycles. The summed E-state index contributed by atoms with van der Waals surface area (Å²) in [4.78, 5) is 74.9. The summed E-state index contributed by atoms with van der Waals surface area (Å²) in [6.45, 7) is 3.49. The Kier molecular flexibility index (Phi) is 9.83. The number of nitrogens with zero attached hydrogens (tertiary/aromatic N) is 6. The van der Waals surface area contributed by atoms with E-state index >= 15 is 0 Å². The third-order valence-corrected chi connectivity index (χ3v) is 13.0. The third kappa shape index (κ3) is 6.38. The van der Waals surface area contributed by atoms with Gasteiger partial charge in [-0.1, -0.05) is 48.5 Å². The molecular weight excluding hydrogens is 713 g/mol. The topological polar surface area (TPSA) is 157 Å². The molecule has 0 unspecified atom stereocenters. The summed E-state index contributed by atoms with van der Waals surface area (Å²) in [6, 6.07) is 15.3. The SMILES string of the molecule is COC(=O)N(C)[C@@H](C)C(=O)N1[C@@H]2CC[C@H](C2)[C@H]1c1ncc(-c2ccc(-c3ccc(-c4cnc([C@@H]5[C@@H]6CC[C@H](C6)N5C(=O)[C@H](C)N(C)C(=O)OC)[nH]4)cc3)cc2)[nH]1. The molecular formula is C42H50N8O6. The number of piperidine rings is 2. The molecule has 4 heterocycles. The number of imidazole rings is 2. The summed E-state index contributed by atoms with van der Waals surface area (Å²) >= 11 is 0. The summed E-state index contributed by atoms with van der Waals surface area (Å²) in [7, 11) is 5.82. The number of carbonyl (C=O) groups excluding carboxylic acids is 4. The van der Waals surface area contributed by atoms with E-state index in [9.17, 15) is 19.2 Å². The van der Waals surface area contributed by atoms with E-state index in [1.807, 2.05) is 22.2 Å². The summed E-state index contributed by atoms with van der Waals surface area (Å²) in [5.41, 5.74) is 5.89. The number of aromatic amines is 2. The summed E-state index contributed by atoms with van der Waals surface area (Å²) in [6.07, 6.45) is 8.49. The van der Waals surface area contributed by atoms with Crippen molar-refractivity contribution in [2.75, 3.05) is 28.3 Å². The number of ether oxygens (including phenoxy) is 2.